The predicted molar refractivity (Wildman–Crippen MR) is 149 cm³/mol. The number of carbonyl (C=O) groups excluding carboxylic acids is 1. The highest BCUT2D eigenvalue weighted by Gasteiger charge is 2.27. The van der Waals surface area contributed by atoms with Gasteiger partial charge in [0.1, 0.15) is 12.4 Å². The van der Waals surface area contributed by atoms with Gasteiger partial charge in [0, 0.05) is 11.3 Å². The number of rotatable bonds is 7. The molecule has 4 rings (SSSR count). The molecule has 5 nitrogen and oxygen atoms in total. The number of carbonyl (C=O) groups is 1. The van der Waals surface area contributed by atoms with E-state index in [0.717, 1.165) is 31.3 Å². The molecule has 1 fully saturated rings. The Balaban J connectivity index is 1.45. The molecule has 1 heterocycles. The van der Waals surface area contributed by atoms with Crippen molar-refractivity contribution in [3.05, 3.63) is 95.9 Å². The van der Waals surface area contributed by atoms with Crippen molar-refractivity contribution in [3.8, 4) is 11.8 Å². The van der Waals surface area contributed by atoms with Gasteiger partial charge in [0.2, 0.25) is 0 Å². The van der Waals surface area contributed by atoms with Crippen LogP contribution in [0.4, 0.5) is 5.69 Å². The van der Waals surface area contributed by atoms with E-state index < -0.39 is 0 Å². The first kappa shape index (κ1) is 24.6. The van der Waals surface area contributed by atoms with Gasteiger partial charge in [-0.15, -0.1) is 0 Å². The molecule has 2 N–H and O–H groups in total. The number of nitrogens with one attached hydrogen (secondary N) is 2. The van der Waals surface area contributed by atoms with Crippen LogP contribution in [0.15, 0.2) is 70.0 Å². The summed E-state index contributed by atoms with van der Waals surface area (Å²) in [6.07, 6.45) is 2.87. The van der Waals surface area contributed by atoms with E-state index in [4.69, 9.17) is 4.74 Å². The first-order chi connectivity index (χ1) is 16.5. The lowest BCUT2D eigenvalue weighted by Gasteiger charge is -2.13. The first-order valence-corrected chi connectivity index (χ1v) is 13.4. The van der Waals surface area contributed by atoms with E-state index in [0.29, 0.717) is 22.8 Å². The number of benzene rings is 3. The molecule has 3 aromatic carbocycles. The Morgan fingerprint density at radius 1 is 1.24 bits per heavy atom. The van der Waals surface area contributed by atoms with Crippen LogP contribution in [0.2, 0.25) is 0 Å². The topological polar surface area (TPSA) is 74.2 Å². The third-order valence-electron chi connectivity index (χ3n) is 5.22. The van der Waals surface area contributed by atoms with Crippen molar-refractivity contribution in [2.45, 2.75) is 25.4 Å². The third kappa shape index (κ3) is 5.95. The van der Waals surface area contributed by atoms with Crippen LogP contribution in [0.3, 0.4) is 0 Å². The molecule has 1 amide bonds. The number of thioether (sulfide) groups is 1. The van der Waals surface area contributed by atoms with E-state index in [1.165, 1.54) is 17.3 Å². The highest BCUT2D eigenvalue weighted by atomic mass is 127. The van der Waals surface area contributed by atoms with Gasteiger partial charge in [-0.05, 0) is 92.5 Å². The smallest absolute Gasteiger partial charge is 0.260 e. The fraction of sp³-hybridized carbons (Fsp3) is 0.154. The average Bonchev–Trinajstić information content (AvgIpc) is 3.17. The summed E-state index contributed by atoms with van der Waals surface area (Å²) in [6, 6.07) is 21.7. The summed E-state index contributed by atoms with van der Waals surface area (Å²) < 4.78 is 7.71. The largest absolute Gasteiger partial charge is 0.487 e. The van der Waals surface area contributed by atoms with Gasteiger partial charge in [-0.25, -0.2) is 0 Å². The first-order valence-electron chi connectivity index (χ1n) is 10.6. The van der Waals surface area contributed by atoms with Crippen LogP contribution in [0.5, 0.6) is 5.75 Å². The average molecular weight is 646 g/mol. The lowest BCUT2D eigenvalue weighted by Crippen LogP contribution is -2.30. The van der Waals surface area contributed by atoms with Crippen LogP contribution < -0.4 is 15.4 Å². The van der Waals surface area contributed by atoms with Crippen molar-refractivity contribution in [1.82, 2.24) is 5.32 Å². The molecule has 3 aromatic rings. The van der Waals surface area contributed by atoms with Crippen molar-refractivity contribution in [2.24, 2.45) is 0 Å². The van der Waals surface area contributed by atoms with E-state index in [9.17, 15) is 10.1 Å². The highest BCUT2D eigenvalue weighted by molar-refractivity contribution is 14.1. The van der Waals surface area contributed by atoms with E-state index in [-0.39, 0.29) is 11.4 Å². The van der Waals surface area contributed by atoms with Gasteiger partial charge < -0.3 is 15.4 Å². The van der Waals surface area contributed by atoms with E-state index in [2.05, 4.69) is 74.3 Å². The minimum Gasteiger partial charge on any atom is -0.487 e. The van der Waals surface area contributed by atoms with Gasteiger partial charge in [-0.1, -0.05) is 49.0 Å². The molecular formula is C26H21BrIN3O2S. The van der Waals surface area contributed by atoms with Gasteiger partial charge in [0.05, 0.1) is 24.6 Å². The van der Waals surface area contributed by atoms with Crippen LogP contribution >= 0.6 is 50.3 Å². The fourth-order valence-electron chi connectivity index (χ4n) is 3.41. The summed E-state index contributed by atoms with van der Waals surface area (Å²) in [7, 11) is 0. The molecule has 1 atom stereocenters. The minimum atomic E-state index is -0.225. The van der Waals surface area contributed by atoms with Crippen molar-refractivity contribution in [1.29, 1.82) is 5.26 Å². The Hall–Kier alpha value is -2.48. The molecule has 8 heteroatoms. The number of hydrogen-bond donors (Lipinski definition) is 2. The maximum atomic E-state index is 12.5. The lowest BCUT2D eigenvalue weighted by molar-refractivity contribution is -0.116. The highest BCUT2D eigenvalue weighted by Crippen LogP contribution is 2.36. The summed E-state index contributed by atoms with van der Waals surface area (Å²) in [5.41, 5.74) is 4.34. The van der Waals surface area contributed by atoms with E-state index in [1.54, 1.807) is 6.07 Å². The normalized spacial score (nSPS) is 16.2. The second kappa shape index (κ2) is 11.3. The molecule has 0 saturated carbocycles. The van der Waals surface area contributed by atoms with Gasteiger partial charge in [0.25, 0.3) is 5.91 Å². The molecule has 0 spiro atoms. The molecule has 1 aliphatic rings. The molecule has 0 bridgehead atoms. The zero-order chi connectivity index (χ0) is 24.1. The van der Waals surface area contributed by atoms with E-state index >= 15 is 0 Å². The Morgan fingerprint density at radius 2 is 2.00 bits per heavy atom. The molecule has 172 valence electrons. The zero-order valence-electron chi connectivity index (χ0n) is 18.3. The van der Waals surface area contributed by atoms with Gasteiger partial charge >= 0.3 is 0 Å². The number of anilines is 1. The molecule has 0 aliphatic carbocycles. The van der Waals surface area contributed by atoms with E-state index in [1.807, 2.05) is 48.5 Å². The number of aryl methyl sites for hydroxylation is 1. The zero-order valence-corrected chi connectivity index (χ0v) is 22.8. The van der Waals surface area contributed by atoms with Crippen molar-refractivity contribution >= 4 is 68.0 Å². The Bertz CT molecular complexity index is 1260. The number of halogens is 2. The fourth-order valence-corrected chi connectivity index (χ4v) is 6.16. The summed E-state index contributed by atoms with van der Waals surface area (Å²) in [6.45, 7) is 2.42. The Morgan fingerprint density at radius 3 is 2.71 bits per heavy atom. The molecule has 34 heavy (non-hydrogen) atoms. The Kier molecular flexibility index (Phi) is 8.19. The molecular weight excluding hydrogens is 625 g/mol. The van der Waals surface area contributed by atoms with Crippen LogP contribution in [-0.4, -0.2) is 11.4 Å². The molecule has 1 aliphatic heterocycles. The second-order valence-electron chi connectivity index (χ2n) is 7.55. The van der Waals surface area contributed by atoms with Crippen molar-refractivity contribution in [3.63, 3.8) is 0 Å². The summed E-state index contributed by atoms with van der Waals surface area (Å²) in [5, 5.41) is 15.6. The monoisotopic (exact) mass is 645 g/mol. The minimum absolute atomic E-state index is 0.104. The standard InChI is InChI=1S/C26H21BrIN3O2S/c1-2-16-7-9-20(10-8-16)30-26-31-25(32)23(34-26)13-17-11-21(27)24(22(28)12-17)33-15-19-6-4-3-5-18(19)14-29/h3-13,26,30H,2,15H2,1H3,(H,31,32)/b23-13-/t26-/m0/s1. The van der Waals surface area contributed by atoms with Crippen molar-refractivity contribution in [2.75, 3.05) is 5.32 Å². The summed E-state index contributed by atoms with van der Waals surface area (Å²) in [4.78, 5) is 13.2. The summed E-state index contributed by atoms with van der Waals surface area (Å²) >= 11 is 7.27. The number of hydrogen-bond acceptors (Lipinski definition) is 5. The number of nitrogens with zero attached hydrogens (tertiary/aromatic N) is 1. The van der Waals surface area contributed by atoms with Gasteiger partial charge in [-0.3, -0.25) is 4.79 Å². The Labute approximate surface area is 225 Å². The van der Waals surface area contributed by atoms with Gasteiger partial charge in [-0.2, -0.15) is 5.26 Å². The number of amides is 1. The third-order valence-corrected chi connectivity index (χ3v) is 7.64. The predicted octanol–water partition coefficient (Wildman–Crippen LogP) is 6.67. The lowest BCUT2D eigenvalue weighted by atomic mass is 10.1. The number of ether oxygens (including phenoxy) is 1. The van der Waals surface area contributed by atoms with Crippen LogP contribution in [-0.2, 0) is 17.8 Å². The second-order valence-corrected chi connectivity index (χ2v) is 10.7. The van der Waals surface area contributed by atoms with Crippen LogP contribution in [0.25, 0.3) is 6.08 Å². The van der Waals surface area contributed by atoms with Crippen LogP contribution in [0, 0.1) is 14.9 Å². The maximum Gasteiger partial charge on any atom is 0.260 e. The molecule has 0 radical (unpaired) electrons. The maximum absolute atomic E-state index is 12.5. The quantitative estimate of drug-likeness (QED) is 0.222. The molecule has 0 unspecified atom stereocenters. The summed E-state index contributed by atoms with van der Waals surface area (Å²) in [5.74, 6) is 0.598. The van der Waals surface area contributed by atoms with Crippen LogP contribution in [0.1, 0.15) is 29.2 Å². The van der Waals surface area contributed by atoms with Gasteiger partial charge in [0.15, 0.2) is 5.50 Å². The van der Waals surface area contributed by atoms with Crippen molar-refractivity contribution < 1.29 is 9.53 Å². The molecule has 0 aromatic heterocycles. The molecule has 1 saturated heterocycles. The SMILES string of the molecule is CCc1ccc(N[C@H]2NC(=O)/C(=C/c3cc(Br)c(OCc4ccccc4C#N)c(I)c3)S2)cc1. The number of nitriles is 1.